The van der Waals surface area contributed by atoms with E-state index in [1.54, 1.807) is 0 Å². The van der Waals surface area contributed by atoms with Gasteiger partial charge in [0.2, 0.25) is 0 Å². The Bertz CT molecular complexity index is 890. The van der Waals surface area contributed by atoms with Crippen LogP contribution in [0.15, 0.2) is 48.7 Å². The van der Waals surface area contributed by atoms with E-state index in [9.17, 15) is 14.3 Å². The Labute approximate surface area is 144 Å². The summed E-state index contributed by atoms with van der Waals surface area (Å²) in [5.41, 5.74) is 1.09. The van der Waals surface area contributed by atoms with Crippen molar-refractivity contribution in [1.82, 2.24) is 4.98 Å². The van der Waals surface area contributed by atoms with Crippen LogP contribution in [-0.2, 0) is 0 Å². The Hall–Kier alpha value is -2.86. The molecule has 0 unspecified atom stereocenters. The number of Topliss-reactive ketones (excluding diaryl/α,β-unsaturated/α-hetero) is 1. The van der Waals surface area contributed by atoms with E-state index >= 15 is 0 Å². The minimum Gasteiger partial charge on any atom is -0.490 e. The molecule has 0 radical (unpaired) electrons. The largest absolute Gasteiger partial charge is 0.490 e. The first-order valence-corrected chi connectivity index (χ1v) is 7.85. The Kier molecular flexibility index (Phi) is 5.00. The number of aromatic nitrogens is 1. The Morgan fingerprint density at radius 2 is 1.92 bits per heavy atom. The number of H-pyrrole nitrogens is 1. The van der Waals surface area contributed by atoms with Crippen LogP contribution in [0.5, 0.6) is 11.5 Å². The highest BCUT2D eigenvalue weighted by Gasteiger charge is 2.13. The van der Waals surface area contributed by atoms with Crippen LogP contribution in [-0.4, -0.2) is 35.2 Å². The summed E-state index contributed by atoms with van der Waals surface area (Å²) in [6.45, 7) is 1.29. The maximum absolute atomic E-state index is 13.2. The predicted molar refractivity (Wildman–Crippen MR) is 91.7 cm³/mol. The van der Waals surface area contributed by atoms with Crippen LogP contribution in [0.25, 0.3) is 10.9 Å². The Morgan fingerprint density at radius 3 is 2.68 bits per heavy atom. The quantitative estimate of drug-likeness (QED) is 0.646. The van der Waals surface area contributed by atoms with E-state index in [1.165, 1.54) is 19.1 Å². The highest BCUT2D eigenvalue weighted by atomic mass is 19.1. The van der Waals surface area contributed by atoms with Crippen molar-refractivity contribution < 1.29 is 23.8 Å². The lowest BCUT2D eigenvalue weighted by molar-refractivity contribution is 0.0625. The predicted octanol–water partition coefficient (Wildman–Crippen LogP) is 3.33. The average molecular weight is 343 g/mol. The van der Waals surface area contributed by atoms with E-state index in [0.717, 1.165) is 17.0 Å². The SMILES string of the molecule is CC(=O)c1cc(F)ccc1OC[C@@H](O)COc1cccc2[nH]ccc12. The molecule has 0 saturated carbocycles. The van der Waals surface area contributed by atoms with Gasteiger partial charge in [0, 0.05) is 17.1 Å². The summed E-state index contributed by atoms with van der Waals surface area (Å²) in [7, 11) is 0. The second-order valence-electron chi connectivity index (χ2n) is 5.67. The molecule has 25 heavy (non-hydrogen) atoms. The first kappa shape index (κ1) is 17.0. The van der Waals surface area contributed by atoms with Gasteiger partial charge in [0.25, 0.3) is 0 Å². The lowest BCUT2D eigenvalue weighted by atomic mass is 10.1. The van der Waals surface area contributed by atoms with Crippen LogP contribution in [0.3, 0.4) is 0 Å². The minimum atomic E-state index is -0.904. The standard InChI is InChI=1S/C19H18FNO4/c1-12(22)16-9-13(20)5-6-19(16)25-11-14(23)10-24-18-4-2-3-17-15(18)7-8-21-17/h2-9,14,21,23H,10-11H2,1H3/t14-/m0/s1. The summed E-state index contributed by atoms with van der Waals surface area (Å²) in [4.78, 5) is 14.6. The molecule has 2 aromatic carbocycles. The summed E-state index contributed by atoms with van der Waals surface area (Å²) in [6, 6.07) is 11.2. The fourth-order valence-corrected chi connectivity index (χ4v) is 2.51. The molecule has 0 bridgehead atoms. The summed E-state index contributed by atoms with van der Waals surface area (Å²) in [6.07, 6.45) is 0.911. The van der Waals surface area contributed by atoms with Crippen LogP contribution >= 0.6 is 0 Å². The van der Waals surface area contributed by atoms with Crippen LogP contribution < -0.4 is 9.47 Å². The normalized spacial score (nSPS) is 12.1. The molecule has 130 valence electrons. The number of ether oxygens (including phenoxy) is 2. The van der Waals surface area contributed by atoms with Crippen LogP contribution in [0.2, 0.25) is 0 Å². The van der Waals surface area contributed by atoms with Gasteiger partial charge < -0.3 is 19.6 Å². The monoisotopic (exact) mass is 343 g/mol. The van der Waals surface area contributed by atoms with Gasteiger partial charge >= 0.3 is 0 Å². The van der Waals surface area contributed by atoms with Crippen LogP contribution in [0.1, 0.15) is 17.3 Å². The zero-order valence-electron chi connectivity index (χ0n) is 13.7. The molecule has 6 heteroatoms. The molecule has 2 N–H and O–H groups in total. The van der Waals surface area contributed by atoms with E-state index in [4.69, 9.17) is 9.47 Å². The lowest BCUT2D eigenvalue weighted by Gasteiger charge is -2.15. The highest BCUT2D eigenvalue weighted by Crippen LogP contribution is 2.25. The topological polar surface area (TPSA) is 71.6 Å². The maximum atomic E-state index is 13.2. The number of hydrogen-bond acceptors (Lipinski definition) is 4. The van der Waals surface area contributed by atoms with E-state index < -0.39 is 11.9 Å². The van der Waals surface area contributed by atoms with Crippen molar-refractivity contribution in [1.29, 1.82) is 0 Å². The molecule has 5 nitrogen and oxygen atoms in total. The number of carbonyl (C=O) groups excluding carboxylic acids is 1. The van der Waals surface area contributed by atoms with Crippen molar-refractivity contribution in [3.8, 4) is 11.5 Å². The van der Waals surface area contributed by atoms with Gasteiger partial charge in [0.15, 0.2) is 5.78 Å². The number of benzene rings is 2. The molecule has 0 aliphatic rings. The van der Waals surface area contributed by atoms with Gasteiger partial charge in [-0.05, 0) is 43.3 Å². The van der Waals surface area contributed by atoms with Gasteiger partial charge in [0.1, 0.15) is 36.6 Å². The van der Waals surface area contributed by atoms with Crippen molar-refractivity contribution >= 4 is 16.7 Å². The average Bonchev–Trinajstić information content (AvgIpc) is 3.08. The zero-order chi connectivity index (χ0) is 17.8. The molecule has 3 rings (SSSR count). The second-order valence-corrected chi connectivity index (χ2v) is 5.67. The molecule has 0 saturated heterocycles. The number of nitrogens with one attached hydrogen (secondary N) is 1. The lowest BCUT2D eigenvalue weighted by Crippen LogP contribution is -2.25. The van der Waals surface area contributed by atoms with Gasteiger partial charge in [-0.3, -0.25) is 4.79 Å². The van der Waals surface area contributed by atoms with Gasteiger partial charge in [-0.15, -0.1) is 0 Å². The first-order valence-electron chi connectivity index (χ1n) is 7.85. The molecule has 0 spiro atoms. The minimum absolute atomic E-state index is 0.0287. The third-order valence-electron chi connectivity index (χ3n) is 3.74. The fraction of sp³-hybridized carbons (Fsp3) is 0.211. The fourth-order valence-electron chi connectivity index (χ4n) is 2.51. The molecule has 0 aliphatic heterocycles. The molecule has 0 amide bonds. The van der Waals surface area contributed by atoms with Crippen LogP contribution in [0.4, 0.5) is 4.39 Å². The maximum Gasteiger partial charge on any atom is 0.163 e. The number of hydrogen-bond donors (Lipinski definition) is 2. The molecule has 3 aromatic rings. The Balaban J connectivity index is 1.59. The third kappa shape index (κ3) is 3.97. The first-order chi connectivity index (χ1) is 12.0. The summed E-state index contributed by atoms with van der Waals surface area (Å²) >= 11 is 0. The third-order valence-corrected chi connectivity index (χ3v) is 3.74. The van der Waals surface area contributed by atoms with E-state index in [0.29, 0.717) is 5.75 Å². The number of aliphatic hydroxyl groups is 1. The summed E-state index contributed by atoms with van der Waals surface area (Å²) in [5, 5.41) is 11.0. The van der Waals surface area contributed by atoms with Crippen LogP contribution in [0, 0.1) is 5.82 Å². The van der Waals surface area contributed by atoms with Gasteiger partial charge in [-0.25, -0.2) is 4.39 Å². The van der Waals surface area contributed by atoms with Crippen molar-refractivity contribution in [2.24, 2.45) is 0 Å². The molecule has 1 aromatic heterocycles. The molecule has 1 heterocycles. The molecule has 0 aliphatic carbocycles. The van der Waals surface area contributed by atoms with Gasteiger partial charge in [-0.1, -0.05) is 6.07 Å². The number of fused-ring (bicyclic) bond motifs is 1. The number of halogens is 1. The van der Waals surface area contributed by atoms with Crippen molar-refractivity contribution in [2.45, 2.75) is 13.0 Å². The highest BCUT2D eigenvalue weighted by molar-refractivity contribution is 5.96. The van der Waals surface area contributed by atoms with Crippen molar-refractivity contribution in [3.63, 3.8) is 0 Å². The van der Waals surface area contributed by atoms with E-state index in [-0.39, 0.29) is 30.3 Å². The van der Waals surface area contributed by atoms with E-state index in [1.807, 2.05) is 30.5 Å². The summed E-state index contributed by atoms with van der Waals surface area (Å²) < 4.78 is 24.3. The smallest absolute Gasteiger partial charge is 0.163 e. The molecule has 1 atom stereocenters. The number of aromatic amines is 1. The molecule has 0 fully saturated rings. The van der Waals surface area contributed by atoms with Gasteiger partial charge in [-0.2, -0.15) is 0 Å². The second kappa shape index (κ2) is 7.36. The molecular formula is C19H18FNO4. The van der Waals surface area contributed by atoms with Crippen molar-refractivity contribution in [3.05, 3.63) is 60.0 Å². The zero-order valence-corrected chi connectivity index (χ0v) is 13.7. The van der Waals surface area contributed by atoms with Gasteiger partial charge in [0.05, 0.1) is 5.56 Å². The number of ketones is 1. The number of carbonyl (C=O) groups is 1. The van der Waals surface area contributed by atoms with E-state index in [2.05, 4.69) is 4.98 Å². The molecular weight excluding hydrogens is 325 g/mol. The summed E-state index contributed by atoms with van der Waals surface area (Å²) in [5.74, 6) is 0.0742. The number of aliphatic hydroxyl groups excluding tert-OH is 1. The number of rotatable bonds is 7. The van der Waals surface area contributed by atoms with Crippen molar-refractivity contribution in [2.75, 3.05) is 13.2 Å². The Morgan fingerprint density at radius 1 is 1.16 bits per heavy atom.